The monoisotopic (exact) mass is 990 g/mol. The highest BCUT2D eigenvalue weighted by Crippen LogP contribution is 2.64. The number of nitrogens with one attached hydrogen (secondary N) is 2. The molecule has 2 aromatic carbocycles. The number of alkyl halides is 6. The van der Waals surface area contributed by atoms with E-state index in [4.69, 9.17) is 5.73 Å². The van der Waals surface area contributed by atoms with E-state index in [-0.39, 0.29) is 21.1 Å². The average Bonchev–Trinajstić information content (AvgIpc) is 4.05. The van der Waals surface area contributed by atoms with Crippen molar-refractivity contribution in [3.05, 3.63) is 132 Å². The first-order valence-electron chi connectivity index (χ1n) is 22.4. The van der Waals surface area contributed by atoms with Gasteiger partial charge < -0.3 is 25.5 Å². The fraction of sp³-hybridized carbons (Fsp3) is 0.312. The summed E-state index contributed by atoms with van der Waals surface area (Å²) < 4.78 is 79.7. The van der Waals surface area contributed by atoms with Crippen LogP contribution in [-0.4, -0.2) is 82.6 Å². The van der Waals surface area contributed by atoms with Gasteiger partial charge in [0.15, 0.2) is 34.0 Å². The predicted octanol–water partition coefficient (Wildman–Crippen LogP) is 9.11. The van der Waals surface area contributed by atoms with Crippen molar-refractivity contribution in [1.82, 2.24) is 49.8 Å². The van der Waals surface area contributed by atoms with Crippen LogP contribution in [0.25, 0.3) is 22.6 Å². The fourth-order valence-electron chi connectivity index (χ4n) is 10.7. The van der Waals surface area contributed by atoms with Crippen molar-refractivity contribution >= 4 is 58.0 Å². The number of hydrogen-bond acceptors (Lipinski definition) is 14. The summed E-state index contributed by atoms with van der Waals surface area (Å²) in [5, 5.41) is 10.7. The first-order chi connectivity index (χ1) is 33.8. The summed E-state index contributed by atoms with van der Waals surface area (Å²) in [4.78, 5) is 44.3. The Morgan fingerprint density at radius 2 is 1.10 bits per heavy atom. The highest BCUT2D eigenvalue weighted by molar-refractivity contribution is 7.99. The summed E-state index contributed by atoms with van der Waals surface area (Å²) in [7, 11) is 0. The van der Waals surface area contributed by atoms with Gasteiger partial charge in [-0.3, -0.25) is 9.97 Å². The Balaban J connectivity index is 0.000000152. The molecule has 6 unspecified atom stereocenters. The van der Waals surface area contributed by atoms with Gasteiger partial charge in [0.25, 0.3) is 0 Å². The van der Waals surface area contributed by atoms with Gasteiger partial charge in [0.05, 0.1) is 23.9 Å². The molecule has 2 saturated carbocycles. The third kappa shape index (κ3) is 8.12. The quantitative estimate of drug-likeness (QED) is 0.116. The lowest BCUT2D eigenvalue weighted by molar-refractivity contribution is -0.144. The Bertz CT molecular complexity index is 3260. The molecule has 0 bridgehead atoms. The molecule has 2 aliphatic carbocycles. The van der Waals surface area contributed by atoms with E-state index in [1.54, 1.807) is 0 Å². The summed E-state index contributed by atoms with van der Waals surface area (Å²) in [5.41, 5.74) is 7.93. The summed E-state index contributed by atoms with van der Waals surface area (Å²) in [6.07, 6.45) is -2.13. The van der Waals surface area contributed by atoms with Crippen molar-refractivity contribution in [3.63, 3.8) is 0 Å². The SMILES string of the molecule is N#CC1(c2ccccc2)C2CCN(c3nc4ncc(Sc5cccnc5C(F)(F)F)nc4[nH]3)CC21.NCC1(c2ccccc2)C2CCN(c3nc4ncc(Sc5cccnc5C(F)(F)F)nc4[nH]3)CC21. The summed E-state index contributed by atoms with van der Waals surface area (Å²) >= 11 is 1.73. The number of anilines is 2. The molecule has 12 rings (SSSR count). The number of imidazole rings is 2. The summed E-state index contributed by atoms with van der Waals surface area (Å²) in [6.45, 7) is 3.69. The fourth-order valence-corrected chi connectivity index (χ4v) is 12.5. The van der Waals surface area contributed by atoms with E-state index < -0.39 is 29.2 Å². The molecule has 0 amide bonds. The van der Waals surface area contributed by atoms with Crippen LogP contribution in [0.5, 0.6) is 0 Å². The molecule has 6 aromatic heterocycles. The number of nitrogens with zero attached hydrogens (tertiary/aromatic N) is 11. The van der Waals surface area contributed by atoms with Crippen molar-refractivity contribution in [2.45, 2.75) is 55.9 Å². The van der Waals surface area contributed by atoms with Gasteiger partial charge >= 0.3 is 12.4 Å². The second-order valence-electron chi connectivity index (χ2n) is 17.6. The van der Waals surface area contributed by atoms with Crippen molar-refractivity contribution in [3.8, 4) is 6.07 Å². The number of rotatable bonds is 9. The minimum atomic E-state index is -4.56. The number of aromatic nitrogens is 10. The van der Waals surface area contributed by atoms with Crippen LogP contribution in [0.2, 0.25) is 0 Å². The minimum absolute atomic E-state index is 0.00223. The number of benzene rings is 2. The lowest BCUT2D eigenvalue weighted by Gasteiger charge is -2.25. The van der Waals surface area contributed by atoms with Gasteiger partial charge in [0.2, 0.25) is 11.9 Å². The highest BCUT2D eigenvalue weighted by Gasteiger charge is 2.68. The lowest BCUT2D eigenvalue weighted by Crippen LogP contribution is -2.32. The summed E-state index contributed by atoms with van der Waals surface area (Å²) in [6, 6.07) is 28.6. The number of hydrogen-bond donors (Lipinski definition) is 3. The molecule has 2 saturated heterocycles. The van der Waals surface area contributed by atoms with E-state index in [0.29, 0.717) is 75.4 Å². The molecule has 70 heavy (non-hydrogen) atoms. The van der Waals surface area contributed by atoms with Crippen molar-refractivity contribution in [2.24, 2.45) is 29.4 Å². The molecule has 2 aliphatic heterocycles. The first kappa shape index (κ1) is 45.6. The maximum absolute atomic E-state index is 13.3. The van der Waals surface area contributed by atoms with Crippen LogP contribution in [0.3, 0.4) is 0 Å². The third-order valence-corrected chi connectivity index (χ3v) is 15.9. The Kier molecular flexibility index (Phi) is 11.4. The largest absolute Gasteiger partial charge is 0.434 e. The predicted molar refractivity (Wildman–Crippen MR) is 249 cm³/mol. The van der Waals surface area contributed by atoms with Gasteiger partial charge in [-0.25, -0.2) is 19.9 Å². The second-order valence-corrected chi connectivity index (χ2v) is 19.8. The normalized spacial score (nSPS) is 23.8. The topological polar surface area (TPSA) is 191 Å². The molecule has 14 nitrogen and oxygen atoms in total. The van der Waals surface area contributed by atoms with Crippen LogP contribution < -0.4 is 15.5 Å². The molecular weight excluding hydrogens is 951 g/mol. The third-order valence-electron chi connectivity index (χ3n) is 14.0. The smallest absolute Gasteiger partial charge is 0.342 e. The maximum Gasteiger partial charge on any atom is 0.434 e. The molecule has 4 aliphatic rings. The van der Waals surface area contributed by atoms with Gasteiger partial charge in [-0.1, -0.05) is 84.2 Å². The van der Waals surface area contributed by atoms with Crippen LogP contribution in [0.1, 0.15) is 35.4 Å². The number of nitriles is 1. The second kappa shape index (κ2) is 17.5. The standard InChI is InChI=1S/C24H22F3N7S.C24H18F3N7S/c2*25-24(26,27)19-17(7-4-9-29-19)35-18-11-30-20-21(31-18)33-22(32-20)34-10-8-15-16(12-34)23(15,13-28)14-5-2-1-3-6-14/h1-7,9,11,15-16H,8,10,12-13,28H2,(H,30,31,32,33);1-7,9,11,15-16H,8,10,12H2,(H,30,31,32,33). The van der Waals surface area contributed by atoms with E-state index >= 15 is 0 Å². The van der Waals surface area contributed by atoms with Gasteiger partial charge in [-0.2, -0.15) is 41.6 Å². The zero-order valence-electron chi connectivity index (χ0n) is 36.7. The number of piperidine rings is 2. The van der Waals surface area contributed by atoms with Gasteiger partial charge in [0, 0.05) is 66.2 Å². The molecular formula is C48H40F6N14S2. The first-order valence-corrected chi connectivity index (χ1v) is 24.0. The molecule has 0 spiro atoms. The van der Waals surface area contributed by atoms with Crippen molar-refractivity contribution in [1.29, 1.82) is 5.26 Å². The van der Waals surface area contributed by atoms with Gasteiger partial charge in [-0.15, -0.1) is 0 Å². The van der Waals surface area contributed by atoms with Crippen LogP contribution >= 0.6 is 23.5 Å². The molecule has 0 radical (unpaired) electrons. The molecule has 6 atom stereocenters. The number of fused-ring (bicyclic) bond motifs is 4. The van der Waals surface area contributed by atoms with E-state index in [1.165, 1.54) is 42.2 Å². The van der Waals surface area contributed by atoms with Gasteiger partial charge in [0.1, 0.15) is 10.1 Å². The zero-order valence-corrected chi connectivity index (χ0v) is 38.4. The number of H-pyrrole nitrogens is 2. The van der Waals surface area contributed by atoms with Crippen LogP contribution in [0.4, 0.5) is 38.2 Å². The number of halogens is 6. The highest BCUT2D eigenvalue weighted by atomic mass is 32.2. The number of pyridine rings is 2. The van der Waals surface area contributed by atoms with E-state index in [1.807, 2.05) is 36.4 Å². The molecule has 22 heteroatoms. The Morgan fingerprint density at radius 3 is 1.59 bits per heavy atom. The van der Waals surface area contributed by atoms with E-state index in [0.717, 1.165) is 74.0 Å². The van der Waals surface area contributed by atoms with Gasteiger partial charge in [-0.05, 0) is 66.0 Å². The Hall–Kier alpha value is -6.83. The molecule has 8 heterocycles. The lowest BCUT2D eigenvalue weighted by atomic mass is 9.91. The van der Waals surface area contributed by atoms with Crippen molar-refractivity contribution < 1.29 is 26.3 Å². The van der Waals surface area contributed by atoms with Crippen molar-refractivity contribution in [2.75, 3.05) is 42.5 Å². The maximum atomic E-state index is 13.3. The number of nitrogens with two attached hydrogens (primary N) is 1. The molecule has 8 aromatic rings. The molecule has 4 N–H and O–H groups in total. The Labute approximate surface area is 404 Å². The Morgan fingerprint density at radius 1 is 0.614 bits per heavy atom. The van der Waals surface area contributed by atoms with E-state index in [9.17, 15) is 31.6 Å². The van der Waals surface area contributed by atoms with E-state index in [2.05, 4.69) is 90.0 Å². The van der Waals surface area contributed by atoms with Crippen LogP contribution in [0.15, 0.2) is 130 Å². The average molecular weight is 991 g/mol. The molecule has 356 valence electrons. The summed E-state index contributed by atoms with van der Waals surface area (Å²) in [5.74, 6) is 2.79. The zero-order chi connectivity index (χ0) is 48.4. The molecule has 4 fully saturated rings. The van der Waals surface area contributed by atoms with Crippen LogP contribution in [-0.2, 0) is 23.2 Å². The van der Waals surface area contributed by atoms with Crippen LogP contribution in [0, 0.1) is 35.0 Å². The minimum Gasteiger partial charge on any atom is -0.342 e. The number of aromatic amines is 2.